The maximum atomic E-state index is 12.2. The summed E-state index contributed by atoms with van der Waals surface area (Å²) in [5, 5.41) is 8.92. The Bertz CT molecular complexity index is 597. The fraction of sp³-hybridized carbons (Fsp3) is 0.462. The van der Waals surface area contributed by atoms with Gasteiger partial charge in [0.2, 0.25) is 10.0 Å². The van der Waals surface area contributed by atoms with Crippen molar-refractivity contribution in [1.29, 1.82) is 5.26 Å². The molecular formula is C13H17ClN2O2S2. The van der Waals surface area contributed by atoms with E-state index >= 15 is 0 Å². The van der Waals surface area contributed by atoms with Crippen LogP contribution in [0.2, 0.25) is 5.02 Å². The lowest BCUT2D eigenvalue weighted by molar-refractivity contribution is 0.557. The molecule has 0 fully saturated rings. The Morgan fingerprint density at radius 3 is 2.75 bits per heavy atom. The van der Waals surface area contributed by atoms with Crippen LogP contribution in [0.5, 0.6) is 0 Å². The Morgan fingerprint density at radius 2 is 2.20 bits per heavy atom. The number of hydrogen-bond acceptors (Lipinski definition) is 4. The minimum Gasteiger partial charge on any atom is -0.208 e. The number of nitriles is 1. The molecule has 0 bridgehead atoms. The number of benzene rings is 1. The van der Waals surface area contributed by atoms with E-state index in [9.17, 15) is 8.42 Å². The number of halogens is 1. The summed E-state index contributed by atoms with van der Waals surface area (Å²) in [5.74, 6) is 1.93. The molecule has 0 heterocycles. The molecule has 1 aromatic rings. The van der Waals surface area contributed by atoms with Crippen molar-refractivity contribution in [3.8, 4) is 6.07 Å². The monoisotopic (exact) mass is 332 g/mol. The molecule has 110 valence electrons. The third-order valence-electron chi connectivity index (χ3n) is 2.63. The van der Waals surface area contributed by atoms with E-state index in [1.807, 2.05) is 13.0 Å². The molecule has 0 amide bonds. The zero-order valence-electron chi connectivity index (χ0n) is 11.4. The van der Waals surface area contributed by atoms with E-state index in [-0.39, 0.29) is 21.5 Å². The number of rotatable bonds is 7. The zero-order chi connectivity index (χ0) is 15.2. The first-order valence-corrected chi connectivity index (χ1v) is 9.22. The van der Waals surface area contributed by atoms with Crippen molar-refractivity contribution in [3.05, 3.63) is 28.8 Å². The van der Waals surface area contributed by atoms with Crippen LogP contribution in [0.15, 0.2) is 23.1 Å². The molecule has 0 aliphatic carbocycles. The predicted octanol–water partition coefficient (Wildman–Crippen LogP) is 3.02. The first-order chi connectivity index (χ1) is 9.40. The van der Waals surface area contributed by atoms with Crippen LogP contribution in [0.25, 0.3) is 0 Å². The number of nitrogens with one attached hydrogen (secondary N) is 1. The summed E-state index contributed by atoms with van der Waals surface area (Å²) < 4.78 is 26.9. The Kier molecular flexibility index (Phi) is 6.83. The number of hydrogen-bond donors (Lipinski definition) is 1. The van der Waals surface area contributed by atoms with Crippen molar-refractivity contribution in [2.24, 2.45) is 0 Å². The third-order valence-corrected chi connectivity index (χ3v) is 5.46. The van der Waals surface area contributed by atoms with Gasteiger partial charge in [-0.25, -0.2) is 13.1 Å². The van der Waals surface area contributed by atoms with E-state index < -0.39 is 10.0 Å². The zero-order valence-corrected chi connectivity index (χ0v) is 13.8. The molecule has 0 saturated heterocycles. The van der Waals surface area contributed by atoms with Gasteiger partial charge in [0.25, 0.3) is 0 Å². The summed E-state index contributed by atoms with van der Waals surface area (Å²) in [6, 6.07) is 5.86. The van der Waals surface area contributed by atoms with Gasteiger partial charge in [-0.15, -0.1) is 0 Å². The SMILES string of the molecule is CCSCCC(C)NS(=O)(=O)c1ccc(C#N)c(Cl)c1. The first-order valence-electron chi connectivity index (χ1n) is 6.20. The molecule has 1 unspecified atom stereocenters. The number of thioether (sulfide) groups is 1. The van der Waals surface area contributed by atoms with Gasteiger partial charge in [-0.3, -0.25) is 0 Å². The van der Waals surface area contributed by atoms with Crippen LogP contribution < -0.4 is 4.72 Å². The second-order valence-electron chi connectivity index (χ2n) is 4.26. The average Bonchev–Trinajstić information content (AvgIpc) is 2.38. The van der Waals surface area contributed by atoms with Crippen LogP contribution in [0.3, 0.4) is 0 Å². The van der Waals surface area contributed by atoms with E-state index in [1.54, 1.807) is 11.8 Å². The lowest BCUT2D eigenvalue weighted by atomic mass is 10.2. The van der Waals surface area contributed by atoms with E-state index in [1.165, 1.54) is 18.2 Å². The van der Waals surface area contributed by atoms with Gasteiger partial charge in [0.1, 0.15) is 6.07 Å². The van der Waals surface area contributed by atoms with Gasteiger partial charge in [-0.1, -0.05) is 18.5 Å². The van der Waals surface area contributed by atoms with Crippen molar-refractivity contribution in [1.82, 2.24) is 4.72 Å². The predicted molar refractivity (Wildman–Crippen MR) is 83.6 cm³/mol. The number of sulfonamides is 1. The second kappa shape index (κ2) is 7.89. The molecule has 0 radical (unpaired) electrons. The molecule has 1 N–H and O–H groups in total. The summed E-state index contributed by atoms with van der Waals surface area (Å²) in [6.45, 7) is 3.90. The minimum absolute atomic E-state index is 0.0801. The lowest BCUT2D eigenvalue weighted by Crippen LogP contribution is -2.33. The largest absolute Gasteiger partial charge is 0.240 e. The van der Waals surface area contributed by atoms with Gasteiger partial charge in [0.05, 0.1) is 15.5 Å². The Hall–Kier alpha value is -0.740. The topological polar surface area (TPSA) is 70.0 Å². The molecule has 0 spiro atoms. The molecule has 0 aromatic heterocycles. The van der Waals surface area contributed by atoms with Gasteiger partial charge < -0.3 is 0 Å². The molecule has 0 saturated carbocycles. The highest BCUT2D eigenvalue weighted by Gasteiger charge is 2.18. The van der Waals surface area contributed by atoms with Crippen LogP contribution in [0.1, 0.15) is 25.8 Å². The summed E-state index contributed by atoms with van der Waals surface area (Å²) in [7, 11) is -3.60. The molecule has 7 heteroatoms. The fourth-order valence-electron chi connectivity index (χ4n) is 1.55. The van der Waals surface area contributed by atoms with Gasteiger partial charge >= 0.3 is 0 Å². The maximum absolute atomic E-state index is 12.2. The molecular weight excluding hydrogens is 316 g/mol. The first kappa shape index (κ1) is 17.3. The molecule has 1 atom stereocenters. The average molecular weight is 333 g/mol. The third kappa shape index (κ3) is 4.98. The Balaban J connectivity index is 2.79. The molecule has 20 heavy (non-hydrogen) atoms. The minimum atomic E-state index is -3.60. The Labute approximate surface area is 129 Å². The highest BCUT2D eigenvalue weighted by Crippen LogP contribution is 2.20. The fourth-order valence-corrected chi connectivity index (χ4v) is 3.95. The van der Waals surface area contributed by atoms with Crippen LogP contribution in [0, 0.1) is 11.3 Å². The molecule has 1 rings (SSSR count). The normalized spacial score (nSPS) is 12.9. The maximum Gasteiger partial charge on any atom is 0.240 e. The highest BCUT2D eigenvalue weighted by atomic mass is 35.5. The van der Waals surface area contributed by atoms with E-state index in [4.69, 9.17) is 16.9 Å². The van der Waals surface area contributed by atoms with Gasteiger partial charge in [-0.2, -0.15) is 17.0 Å². The van der Waals surface area contributed by atoms with Crippen LogP contribution in [-0.4, -0.2) is 26.0 Å². The summed E-state index contributed by atoms with van der Waals surface area (Å²) in [4.78, 5) is 0.0801. The second-order valence-corrected chi connectivity index (χ2v) is 7.78. The van der Waals surface area contributed by atoms with Crippen molar-refractivity contribution < 1.29 is 8.42 Å². The molecule has 1 aromatic carbocycles. The van der Waals surface area contributed by atoms with Crippen LogP contribution in [-0.2, 0) is 10.0 Å². The van der Waals surface area contributed by atoms with Gasteiger partial charge in [0, 0.05) is 6.04 Å². The Morgan fingerprint density at radius 1 is 1.50 bits per heavy atom. The van der Waals surface area contributed by atoms with Crippen molar-refractivity contribution >= 4 is 33.4 Å². The quantitative estimate of drug-likeness (QED) is 0.779. The summed E-state index contributed by atoms with van der Waals surface area (Å²) in [6.07, 6.45) is 0.766. The van der Waals surface area contributed by atoms with Crippen molar-refractivity contribution in [2.45, 2.75) is 31.2 Å². The number of nitrogens with zero attached hydrogens (tertiary/aromatic N) is 1. The lowest BCUT2D eigenvalue weighted by Gasteiger charge is -2.14. The van der Waals surface area contributed by atoms with E-state index in [0.29, 0.717) is 0 Å². The summed E-state index contributed by atoms with van der Waals surface area (Å²) >= 11 is 7.63. The summed E-state index contributed by atoms with van der Waals surface area (Å²) in [5.41, 5.74) is 0.262. The van der Waals surface area contributed by atoms with Gasteiger partial charge in [0.15, 0.2) is 0 Å². The smallest absolute Gasteiger partial charge is 0.208 e. The standard InChI is InChI=1S/C13H17ClN2O2S2/c1-3-19-7-6-10(2)16-20(17,18)12-5-4-11(9-15)13(14)8-12/h4-5,8,10,16H,3,6-7H2,1-2H3. The highest BCUT2D eigenvalue weighted by molar-refractivity contribution is 7.99. The molecule has 0 aliphatic heterocycles. The van der Waals surface area contributed by atoms with E-state index in [0.717, 1.165) is 17.9 Å². The van der Waals surface area contributed by atoms with Crippen molar-refractivity contribution in [3.63, 3.8) is 0 Å². The van der Waals surface area contributed by atoms with Gasteiger partial charge in [-0.05, 0) is 43.0 Å². The van der Waals surface area contributed by atoms with Crippen LogP contribution in [0.4, 0.5) is 0 Å². The molecule has 0 aliphatic rings. The molecule has 4 nitrogen and oxygen atoms in total. The van der Waals surface area contributed by atoms with E-state index in [2.05, 4.69) is 11.6 Å². The van der Waals surface area contributed by atoms with Crippen molar-refractivity contribution in [2.75, 3.05) is 11.5 Å². The van der Waals surface area contributed by atoms with Crippen LogP contribution >= 0.6 is 23.4 Å².